The van der Waals surface area contributed by atoms with Crippen LogP contribution in [0.4, 0.5) is 10.6 Å². The molecule has 0 unspecified atom stereocenters. The molecule has 1 fully saturated rings. The fourth-order valence-electron chi connectivity index (χ4n) is 3.47. The number of nitrogens with zero attached hydrogens (tertiary/aromatic N) is 6. The third-order valence-corrected chi connectivity index (χ3v) is 5.34. The first-order chi connectivity index (χ1) is 15.2. The molecular weight excluding hydrogens is 428 g/mol. The van der Waals surface area contributed by atoms with Crippen LogP contribution in [-0.4, -0.2) is 62.8 Å². The molecule has 3 heterocycles. The summed E-state index contributed by atoms with van der Waals surface area (Å²) in [6.45, 7) is 9.99. The molecule has 0 saturated carbocycles. The number of halogens is 1. The zero-order valence-corrected chi connectivity index (χ0v) is 19.5. The van der Waals surface area contributed by atoms with Crippen LogP contribution in [0.25, 0.3) is 17.1 Å². The minimum absolute atomic E-state index is 0.278. The quantitative estimate of drug-likeness (QED) is 0.585. The molecule has 32 heavy (non-hydrogen) atoms. The number of aryl methyl sites for hydroxylation is 1. The van der Waals surface area contributed by atoms with Gasteiger partial charge in [-0.1, -0.05) is 23.7 Å². The summed E-state index contributed by atoms with van der Waals surface area (Å²) >= 11 is 6.08. The average Bonchev–Trinajstić information content (AvgIpc) is 3.19. The molecule has 0 radical (unpaired) electrons. The zero-order chi connectivity index (χ0) is 22.9. The molecule has 0 spiro atoms. The molecule has 8 nitrogen and oxygen atoms in total. The fourth-order valence-corrected chi connectivity index (χ4v) is 3.60. The Morgan fingerprint density at radius 1 is 0.969 bits per heavy atom. The van der Waals surface area contributed by atoms with Gasteiger partial charge in [0.25, 0.3) is 0 Å². The van der Waals surface area contributed by atoms with Crippen molar-refractivity contribution in [3.63, 3.8) is 0 Å². The molecule has 0 bridgehead atoms. The molecular formula is C23H27ClN6O2. The van der Waals surface area contributed by atoms with Gasteiger partial charge in [-0.3, -0.25) is 0 Å². The van der Waals surface area contributed by atoms with Crippen LogP contribution in [0.15, 0.2) is 42.5 Å². The van der Waals surface area contributed by atoms with Gasteiger partial charge in [0.2, 0.25) is 0 Å². The number of benzene rings is 1. The van der Waals surface area contributed by atoms with E-state index in [-0.39, 0.29) is 6.09 Å². The standard InChI is InChI=1S/C23H27ClN6O2/c1-16-5-10-20(26-25-16)30-19(17-6-8-18(24)9-7-17)15-21(27-30)28-11-13-29(14-12-28)22(31)32-23(2,3)4/h5-10,15H,11-14H2,1-4H3. The van der Waals surface area contributed by atoms with Gasteiger partial charge in [-0.25, -0.2) is 9.48 Å². The van der Waals surface area contributed by atoms with E-state index >= 15 is 0 Å². The molecule has 4 rings (SSSR count). The Labute approximate surface area is 192 Å². The van der Waals surface area contributed by atoms with Crippen LogP contribution in [0.5, 0.6) is 0 Å². The highest BCUT2D eigenvalue weighted by atomic mass is 35.5. The minimum Gasteiger partial charge on any atom is -0.444 e. The Kier molecular flexibility index (Phi) is 6.06. The molecule has 1 aliphatic rings. The number of carbonyl (C=O) groups is 1. The van der Waals surface area contributed by atoms with Crippen LogP contribution in [0.3, 0.4) is 0 Å². The normalized spacial score (nSPS) is 14.5. The van der Waals surface area contributed by atoms with Gasteiger partial charge in [0.15, 0.2) is 11.6 Å². The number of hydrogen-bond acceptors (Lipinski definition) is 6. The molecule has 0 N–H and O–H groups in total. The highest BCUT2D eigenvalue weighted by molar-refractivity contribution is 6.30. The maximum Gasteiger partial charge on any atom is 0.410 e. The van der Waals surface area contributed by atoms with Crippen LogP contribution in [0, 0.1) is 6.92 Å². The number of hydrogen-bond donors (Lipinski definition) is 0. The Morgan fingerprint density at radius 2 is 1.66 bits per heavy atom. The average molecular weight is 455 g/mol. The van der Waals surface area contributed by atoms with E-state index in [1.807, 2.05) is 70.2 Å². The van der Waals surface area contributed by atoms with Crippen LogP contribution in [-0.2, 0) is 4.74 Å². The Hall–Kier alpha value is -3.13. The van der Waals surface area contributed by atoms with Crippen molar-refractivity contribution in [3.8, 4) is 17.1 Å². The van der Waals surface area contributed by atoms with Crippen molar-refractivity contribution in [2.45, 2.75) is 33.3 Å². The van der Waals surface area contributed by atoms with Gasteiger partial charge in [0.05, 0.1) is 11.4 Å². The van der Waals surface area contributed by atoms with E-state index in [1.54, 1.807) is 9.58 Å². The predicted octanol–water partition coefficient (Wildman–Crippen LogP) is 4.35. The van der Waals surface area contributed by atoms with Gasteiger partial charge >= 0.3 is 6.09 Å². The third-order valence-electron chi connectivity index (χ3n) is 5.09. The fraction of sp³-hybridized carbons (Fsp3) is 0.391. The molecule has 2 aromatic heterocycles. The molecule has 1 aromatic carbocycles. The first-order valence-corrected chi connectivity index (χ1v) is 11.0. The third kappa shape index (κ3) is 5.02. The lowest BCUT2D eigenvalue weighted by atomic mass is 10.1. The highest BCUT2D eigenvalue weighted by Gasteiger charge is 2.27. The summed E-state index contributed by atoms with van der Waals surface area (Å²) in [5.74, 6) is 1.46. The number of carbonyl (C=O) groups excluding carboxylic acids is 1. The van der Waals surface area contributed by atoms with E-state index in [2.05, 4.69) is 15.1 Å². The number of ether oxygens (including phenoxy) is 1. The van der Waals surface area contributed by atoms with Crippen LogP contribution in [0.1, 0.15) is 26.5 Å². The van der Waals surface area contributed by atoms with E-state index in [4.69, 9.17) is 21.4 Å². The van der Waals surface area contributed by atoms with Gasteiger partial charge < -0.3 is 14.5 Å². The van der Waals surface area contributed by atoms with E-state index in [0.29, 0.717) is 37.0 Å². The number of piperazine rings is 1. The van der Waals surface area contributed by atoms with E-state index in [1.165, 1.54) is 0 Å². The van der Waals surface area contributed by atoms with Crippen LogP contribution >= 0.6 is 11.6 Å². The van der Waals surface area contributed by atoms with Gasteiger partial charge in [0, 0.05) is 42.8 Å². The van der Waals surface area contributed by atoms with Gasteiger partial charge in [-0.2, -0.15) is 5.10 Å². The molecule has 0 atom stereocenters. The number of aromatic nitrogens is 4. The molecule has 9 heteroatoms. The van der Waals surface area contributed by atoms with Crippen LogP contribution < -0.4 is 4.90 Å². The van der Waals surface area contributed by atoms with Crippen molar-refractivity contribution in [2.75, 3.05) is 31.1 Å². The van der Waals surface area contributed by atoms with Crippen molar-refractivity contribution in [2.24, 2.45) is 0 Å². The maximum atomic E-state index is 12.4. The van der Waals surface area contributed by atoms with Crippen molar-refractivity contribution in [1.29, 1.82) is 0 Å². The second-order valence-electron chi connectivity index (χ2n) is 8.79. The van der Waals surface area contributed by atoms with E-state index < -0.39 is 5.60 Å². The number of amides is 1. The Balaban J connectivity index is 1.59. The first-order valence-electron chi connectivity index (χ1n) is 10.6. The molecule has 1 amide bonds. The summed E-state index contributed by atoms with van der Waals surface area (Å²) in [6.07, 6.45) is -0.278. The summed E-state index contributed by atoms with van der Waals surface area (Å²) in [4.78, 5) is 16.3. The van der Waals surface area contributed by atoms with Crippen molar-refractivity contribution in [3.05, 3.63) is 53.2 Å². The smallest absolute Gasteiger partial charge is 0.410 e. The summed E-state index contributed by atoms with van der Waals surface area (Å²) in [5, 5.41) is 14.0. The summed E-state index contributed by atoms with van der Waals surface area (Å²) in [6, 6.07) is 13.5. The summed E-state index contributed by atoms with van der Waals surface area (Å²) in [7, 11) is 0. The lowest BCUT2D eigenvalue weighted by Crippen LogP contribution is -2.50. The molecule has 168 valence electrons. The van der Waals surface area contributed by atoms with Gasteiger partial charge in [-0.15, -0.1) is 10.2 Å². The summed E-state index contributed by atoms with van der Waals surface area (Å²) < 4.78 is 7.30. The predicted molar refractivity (Wildman–Crippen MR) is 124 cm³/mol. The Morgan fingerprint density at radius 3 is 2.25 bits per heavy atom. The minimum atomic E-state index is -0.504. The van der Waals surface area contributed by atoms with Crippen molar-refractivity contribution in [1.82, 2.24) is 24.9 Å². The van der Waals surface area contributed by atoms with Crippen LogP contribution in [0.2, 0.25) is 5.02 Å². The number of rotatable bonds is 3. The monoisotopic (exact) mass is 454 g/mol. The lowest BCUT2D eigenvalue weighted by molar-refractivity contribution is 0.0240. The van der Waals surface area contributed by atoms with Gasteiger partial charge in [0.1, 0.15) is 5.60 Å². The second kappa shape index (κ2) is 8.78. The SMILES string of the molecule is Cc1ccc(-n2nc(N3CCN(C(=O)OC(C)(C)C)CC3)cc2-c2ccc(Cl)cc2)nn1. The van der Waals surface area contributed by atoms with E-state index in [9.17, 15) is 4.79 Å². The van der Waals surface area contributed by atoms with Crippen molar-refractivity contribution < 1.29 is 9.53 Å². The molecule has 3 aromatic rings. The van der Waals surface area contributed by atoms with Crippen molar-refractivity contribution >= 4 is 23.5 Å². The van der Waals surface area contributed by atoms with E-state index in [0.717, 1.165) is 22.8 Å². The summed E-state index contributed by atoms with van der Waals surface area (Å²) in [5.41, 5.74) is 2.20. The highest BCUT2D eigenvalue weighted by Crippen LogP contribution is 2.28. The topological polar surface area (TPSA) is 76.4 Å². The largest absolute Gasteiger partial charge is 0.444 e. The molecule has 1 aliphatic heterocycles. The maximum absolute atomic E-state index is 12.4. The Bertz CT molecular complexity index is 1020. The first kappa shape index (κ1) is 22.1. The molecule has 1 saturated heterocycles. The second-order valence-corrected chi connectivity index (χ2v) is 9.23. The lowest BCUT2D eigenvalue weighted by Gasteiger charge is -2.35. The zero-order valence-electron chi connectivity index (χ0n) is 18.7. The molecule has 0 aliphatic carbocycles. The number of anilines is 1. The van der Waals surface area contributed by atoms with Gasteiger partial charge in [-0.05, 0) is 52.0 Å².